The zero-order chi connectivity index (χ0) is 14.5. The maximum Gasteiger partial charge on any atom is 0.228 e. The second kappa shape index (κ2) is 6.81. The summed E-state index contributed by atoms with van der Waals surface area (Å²) in [6, 6.07) is 4.12. The summed E-state index contributed by atoms with van der Waals surface area (Å²) in [6.45, 7) is 6.86. The number of hydrogen-bond acceptors (Lipinski definition) is 5. The van der Waals surface area contributed by atoms with E-state index in [-0.39, 0.29) is 6.04 Å². The van der Waals surface area contributed by atoms with Crippen molar-refractivity contribution in [3.8, 4) is 16.5 Å². The second-order valence-electron chi connectivity index (χ2n) is 5.25. The van der Waals surface area contributed by atoms with E-state index in [1.165, 1.54) is 0 Å². The zero-order valence-electron chi connectivity index (χ0n) is 12.2. The second-order valence-corrected chi connectivity index (χ2v) is 6.45. The summed E-state index contributed by atoms with van der Waals surface area (Å²) in [4.78, 5) is 9.69. The molecule has 0 aliphatic rings. The van der Waals surface area contributed by atoms with Gasteiger partial charge in [-0.2, -0.15) is 0 Å². The number of aromatic nitrogens is 2. The predicted molar refractivity (Wildman–Crippen MR) is 83.0 cm³/mol. The predicted octanol–water partition coefficient (Wildman–Crippen LogP) is 3.27. The molecule has 0 bridgehead atoms. The van der Waals surface area contributed by atoms with Gasteiger partial charge in [0, 0.05) is 24.0 Å². The van der Waals surface area contributed by atoms with Crippen molar-refractivity contribution >= 4 is 11.3 Å². The molecule has 5 heteroatoms. The highest BCUT2D eigenvalue weighted by Crippen LogP contribution is 2.31. The Labute approximate surface area is 124 Å². The van der Waals surface area contributed by atoms with Gasteiger partial charge in [0.25, 0.3) is 0 Å². The van der Waals surface area contributed by atoms with Gasteiger partial charge in [-0.25, -0.2) is 4.98 Å². The van der Waals surface area contributed by atoms with Crippen LogP contribution in [0.3, 0.4) is 0 Å². The highest BCUT2D eigenvalue weighted by atomic mass is 32.1. The van der Waals surface area contributed by atoms with Crippen molar-refractivity contribution < 1.29 is 4.74 Å². The Kier molecular flexibility index (Phi) is 5.09. The largest absolute Gasteiger partial charge is 0.477 e. The maximum absolute atomic E-state index is 5.83. The first kappa shape index (κ1) is 14.9. The van der Waals surface area contributed by atoms with Crippen molar-refractivity contribution in [2.24, 2.45) is 11.7 Å². The molecule has 2 aromatic rings. The minimum atomic E-state index is 0.206. The molecular weight excluding hydrogens is 270 g/mol. The molecule has 0 fully saturated rings. The molecule has 20 heavy (non-hydrogen) atoms. The Morgan fingerprint density at radius 1 is 1.30 bits per heavy atom. The highest BCUT2D eigenvalue weighted by molar-refractivity contribution is 7.15. The lowest BCUT2D eigenvalue weighted by Gasteiger charge is -2.14. The average molecular weight is 291 g/mol. The van der Waals surface area contributed by atoms with E-state index >= 15 is 0 Å². The minimum absolute atomic E-state index is 0.206. The van der Waals surface area contributed by atoms with E-state index in [2.05, 4.69) is 16.9 Å². The molecule has 0 saturated heterocycles. The highest BCUT2D eigenvalue weighted by Gasteiger charge is 2.12. The lowest BCUT2D eigenvalue weighted by atomic mass is 10.1. The molecule has 2 aromatic heterocycles. The van der Waals surface area contributed by atoms with Crippen LogP contribution < -0.4 is 10.5 Å². The number of hydrogen-bond donors (Lipinski definition) is 1. The van der Waals surface area contributed by atoms with Crippen LogP contribution >= 0.6 is 11.3 Å². The van der Waals surface area contributed by atoms with Gasteiger partial charge in [-0.3, -0.25) is 4.98 Å². The van der Waals surface area contributed by atoms with Crippen molar-refractivity contribution in [1.82, 2.24) is 9.97 Å². The van der Waals surface area contributed by atoms with Crippen molar-refractivity contribution in [1.29, 1.82) is 0 Å². The monoisotopic (exact) mass is 291 g/mol. The van der Waals surface area contributed by atoms with E-state index in [1.54, 1.807) is 23.7 Å². The summed E-state index contributed by atoms with van der Waals surface area (Å²) in [5, 5.41) is 0.972. The van der Waals surface area contributed by atoms with Crippen LogP contribution in [0.1, 0.15) is 25.1 Å². The van der Waals surface area contributed by atoms with Crippen LogP contribution in [-0.2, 0) is 0 Å². The third-order valence-electron chi connectivity index (χ3n) is 2.96. The number of ether oxygens (including phenoxy) is 1. The SMILES string of the molecule is Cc1sc(-c2ccncc2)nc1OCC(C)CC(C)N. The fraction of sp³-hybridized carbons (Fsp3) is 0.467. The molecule has 4 nitrogen and oxygen atoms in total. The van der Waals surface area contributed by atoms with Crippen LogP contribution in [0.5, 0.6) is 5.88 Å². The van der Waals surface area contributed by atoms with Gasteiger partial charge in [0.2, 0.25) is 5.88 Å². The summed E-state index contributed by atoms with van der Waals surface area (Å²) in [7, 11) is 0. The van der Waals surface area contributed by atoms with E-state index < -0.39 is 0 Å². The fourth-order valence-corrected chi connectivity index (χ4v) is 2.92. The molecular formula is C15H21N3OS. The van der Waals surface area contributed by atoms with E-state index in [0.29, 0.717) is 12.5 Å². The number of nitrogens with two attached hydrogens (primary N) is 1. The Bertz CT molecular complexity index is 539. The quantitative estimate of drug-likeness (QED) is 0.887. The van der Waals surface area contributed by atoms with Gasteiger partial charge >= 0.3 is 0 Å². The molecule has 0 amide bonds. The van der Waals surface area contributed by atoms with Gasteiger partial charge in [0.15, 0.2) is 0 Å². The normalized spacial score (nSPS) is 14.0. The molecule has 0 saturated carbocycles. The number of aryl methyl sites for hydroxylation is 1. The molecule has 2 rings (SSSR count). The van der Waals surface area contributed by atoms with Crippen LogP contribution in [-0.4, -0.2) is 22.6 Å². The summed E-state index contributed by atoms with van der Waals surface area (Å²) in [5.41, 5.74) is 6.87. The van der Waals surface area contributed by atoms with Gasteiger partial charge in [-0.05, 0) is 38.3 Å². The lowest BCUT2D eigenvalue weighted by molar-refractivity contribution is 0.238. The molecule has 0 aliphatic carbocycles. The van der Waals surface area contributed by atoms with E-state index in [1.807, 2.05) is 26.0 Å². The summed E-state index contributed by atoms with van der Waals surface area (Å²) >= 11 is 1.64. The Balaban J connectivity index is 2.01. The molecule has 0 aliphatic heterocycles. The van der Waals surface area contributed by atoms with Crippen molar-refractivity contribution in [3.05, 3.63) is 29.4 Å². The van der Waals surface area contributed by atoms with Gasteiger partial charge in [-0.1, -0.05) is 6.92 Å². The minimum Gasteiger partial charge on any atom is -0.477 e. The first-order chi connectivity index (χ1) is 9.56. The van der Waals surface area contributed by atoms with Crippen LogP contribution in [0.4, 0.5) is 0 Å². The lowest BCUT2D eigenvalue weighted by Crippen LogP contribution is -2.21. The Morgan fingerprint density at radius 3 is 2.65 bits per heavy atom. The fourth-order valence-electron chi connectivity index (χ4n) is 2.06. The number of nitrogens with zero attached hydrogens (tertiary/aromatic N) is 2. The molecule has 2 heterocycles. The molecule has 2 N–H and O–H groups in total. The average Bonchev–Trinajstić information content (AvgIpc) is 2.78. The standard InChI is InChI=1S/C15H21N3OS/c1-10(8-11(2)16)9-19-14-12(3)20-15(18-14)13-4-6-17-7-5-13/h4-7,10-11H,8-9,16H2,1-3H3. The molecule has 0 spiro atoms. The van der Waals surface area contributed by atoms with Gasteiger partial charge in [-0.15, -0.1) is 11.3 Å². The first-order valence-electron chi connectivity index (χ1n) is 6.82. The van der Waals surface area contributed by atoms with Gasteiger partial charge < -0.3 is 10.5 Å². The van der Waals surface area contributed by atoms with Crippen molar-refractivity contribution in [2.75, 3.05) is 6.61 Å². The van der Waals surface area contributed by atoms with E-state index in [4.69, 9.17) is 10.5 Å². The summed E-state index contributed by atoms with van der Waals surface area (Å²) in [5.74, 6) is 1.17. The van der Waals surface area contributed by atoms with Gasteiger partial charge in [0.1, 0.15) is 5.01 Å². The number of thiazole rings is 1. The van der Waals surface area contributed by atoms with E-state index in [9.17, 15) is 0 Å². The van der Waals surface area contributed by atoms with Crippen LogP contribution in [0.15, 0.2) is 24.5 Å². The molecule has 2 atom stereocenters. The third-order valence-corrected chi connectivity index (χ3v) is 3.96. The smallest absolute Gasteiger partial charge is 0.228 e. The van der Waals surface area contributed by atoms with Crippen LogP contribution in [0, 0.1) is 12.8 Å². The van der Waals surface area contributed by atoms with Crippen LogP contribution in [0.25, 0.3) is 10.6 Å². The molecule has 108 valence electrons. The Morgan fingerprint density at radius 2 is 2.00 bits per heavy atom. The van der Waals surface area contributed by atoms with E-state index in [0.717, 1.165) is 27.7 Å². The Hall–Kier alpha value is -1.46. The molecule has 2 unspecified atom stereocenters. The molecule has 0 radical (unpaired) electrons. The molecule has 0 aromatic carbocycles. The van der Waals surface area contributed by atoms with Crippen molar-refractivity contribution in [3.63, 3.8) is 0 Å². The zero-order valence-corrected chi connectivity index (χ0v) is 13.0. The summed E-state index contributed by atoms with van der Waals surface area (Å²) < 4.78 is 5.83. The van der Waals surface area contributed by atoms with Gasteiger partial charge in [0.05, 0.1) is 11.5 Å². The number of rotatable bonds is 6. The first-order valence-corrected chi connectivity index (χ1v) is 7.64. The topological polar surface area (TPSA) is 61.0 Å². The number of pyridine rings is 1. The van der Waals surface area contributed by atoms with Crippen LogP contribution in [0.2, 0.25) is 0 Å². The maximum atomic E-state index is 5.83. The summed E-state index contributed by atoms with van der Waals surface area (Å²) in [6.07, 6.45) is 4.51. The third kappa shape index (κ3) is 4.02. The van der Waals surface area contributed by atoms with Crippen molar-refractivity contribution in [2.45, 2.75) is 33.2 Å².